The van der Waals surface area contributed by atoms with Crippen molar-refractivity contribution in [2.75, 3.05) is 0 Å². The molecule has 0 N–H and O–H groups in total. The number of benzene rings is 8. The molecule has 4 heteroatoms. The van der Waals surface area contributed by atoms with Gasteiger partial charge in [-0.25, -0.2) is 9.97 Å². The molecule has 0 fully saturated rings. The molecule has 12 rings (SSSR count). The molecule has 0 unspecified atom stereocenters. The van der Waals surface area contributed by atoms with E-state index in [0.29, 0.717) is 5.95 Å². The average Bonchev–Trinajstić information content (AvgIpc) is 3.84. The summed E-state index contributed by atoms with van der Waals surface area (Å²) in [7, 11) is 0. The van der Waals surface area contributed by atoms with E-state index in [0.717, 1.165) is 38.9 Å². The number of hydrogen-bond donors (Lipinski definition) is 0. The van der Waals surface area contributed by atoms with E-state index in [1.54, 1.807) is 0 Å². The number of hydrogen-bond acceptors (Lipinski definition) is 2. The van der Waals surface area contributed by atoms with Gasteiger partial charge in [0.2, 0.25) is 5.95 Å². The van der Waals surface area contributed by atoms with Crippen LogP contribution in [-0.4, -0.2) is 19.1 Å². The van der Waals surface area contributed by atoms with Crippen LogP contribution in [0.4, 0.5) is 0 Å². The van der Waals surface area contributed by atoms with Crippen LogP contribution < -0.4 is 0 Å². The minimum absolute atomic E-state index is 0.692. The maximum absolute atomic E-state index is 5.30. The summed E-state index contributed by atoms with van der Waals surface area (Å²) in [6, 6.07) is 61.3. The van der Waals surface area contributed by atoms with Crippen molar-refractivity contribution in [3.05, 3.63) is 170 Å². The molecular formula is C48H28N4. The fourth-order valence-corrected chi connectivity index (χ4v) is 8.81. The summed E-state index contributed by atoms with van der Waals surface area (Å²) in [4.78, 5) is 10.5. The summed E-state index contributed by atoms with van der Waals surface area (Å²) in [6.07, 6.45) is 0. The second-order valence-corrected chi connectivity index (χ2v) is 13.8. The van der Waals surface area contributed by atoms with Crippen LogP contribution in [0.1, 0.15) is 0 Å². The lowest BCUT2D eigenvalue weighted by molar-refractivity contribution is 1.02. The van der Waals surface area contributed by atoms with E-state index in [-0.39, 0.29) is 0 Å². The first-order valence-corrected chi connectivity index (χ1v) is 17.8. The zero-order valence-corrected chi connectivity index (χ0v) is 28.0. The van der Waals surface area contributed by atoms with Crippen LogP contribution in [0.3, 0.4) is 0 Å². The zero-order chi connectivity index (χ0) is 33.9. The number of para-hydroxylation sites is 2. The maximum atomic E-state index is 5.30. The number of fused-ring (bicyclic) bond motifs is 11. The summed E-state index contributed by atoms with van der Waals surface area (Å²) < 4.78 is 4.63. The smallest absolute Gasteiger partial charge is 0.235 e. The number of nitrogens with zero attached hydrogens (tertiary/aromatic N) is 4. The lowest BCUT2D eigenvalue weighted by Crippen LogP contribution is -2.02. The molecule has 0 amide bonds. The van der Waals surface area contributed by atoms with Gasteiger partial charge in [-0.1, -0.05) is 115 Å². The van der Waals surface area contributed by atoms with E-state index in [2.05, 4.69) is 179 Å². The molecule has 1 aliphatic rings. The van der Waals surface area contributed by atoms with Crippen LogP contribution >= 0.6 is 0 Å². The lowest BCUT2D eigenvalue weighted by atomic mass is 9.99. The van der Waals surface area contributed by atoms with Gasteiger partial charge < -0.3 is 4.57 Å². The highest BCUT2D eigenvalue weighted by Gasteiger charge is 2.25. The average molecular weight is 661 g/mol. The van der Waals surface area contributed by atoms with Crippen molar-refractivity contribution in [1.29, 1.82) is 0 Å². The first kappa shape index (κ1) is 27.7. The van der Waals surface area contributed by atoms with Gasteiger partial charge in [-0.2, -0.15) is 0 Å². The van der Waals surface area contributed by atoms with Crippen molar-refractivity contribution in [3.63, 3.8) is 0 Å². The Morgan fingerprint density at radius 3 is 1.88 bits per heavy atom. The Balaban J connectivity index is 1.09. The van der Waals surface area contributed by atoms with Crippen molar-refractivity contribution >= 4 is 65.3 Å². The van der Waals surface area contributed by atoms with Gasteiger partial charge in [-0.3, -0.25) is 4.57 Å². The van der Waals surface area contributed by atoms with Gasteiger partial charge in [0.15, 0.2) is 0 Å². The largest absolute Gasteiger partial charge is 0.309 e. The zero-order valence-electron chi connectivity index (χ0n) is 28.0. The van der Waals surface area contributed by atoms with Gasteiger partial charge >= 0.3 is 0 Å². The topological polar surface area (TPSA) is 35.6 Å². The van der Waals surface area contributed by atoms with Crippen molar-refractivity contribution in [2.45, 2.75) is 0 Å². The molecule has 1 aliphatic carbocycles. The minimum Gasteiger partial charge on any atom is -0.309 e. The molecule has 0 saturated carbocycles. The molecule has 3 heterocycles. The lowest BCUT2D eigenvalue weighted by Gasteiger charge is -2.10. The Labute approximate surface area is 298 Å². The Morgan fingerprint density at radius 2 is 1.02 bits per heavy atom. The summed E-state index contributed by atoms with van der Waals surface area (Å²) in [5.41, 5.74) is 13.7. The Bertz CT molecular complexity index is 3290. The highest BCUT2D eigenvalue weighted by molar-refractivity contribution is 6.22. The first-order chi connectivity index (χ1) is 25.8. The van der Waals surface area contributed by atoms with E-state index in [9.17, 15) is 0 Å². The van der Waals surface area contributed by atoms with Crippen LogP contribution in [0, 0.1) is 0 Å². The molecule has 8 aromatic carbocycles. The number of aromatic nitrogens is 4. The predicted molar refractivity (Wildman–Crippen MR) is 216 cm³/mol. The monoisotopic (exact) mass is 660 g/mol. The van der Waals surface area contributed by atoms with Crippen molar-refractivity contribution < 1.29 is 0 Å². The third-order valence-electron chi connectivity index (χ3n) is 11.1. The van der Waals surface area contributed by atoms with Crippen LogP contribution in [0.15, 0.2) is 170 Å². The molecule has 0 spiro atoms. The fourth-order valence-electron chi connectivity index (χ4n) is 8.81. The summed E-state index contributed by atoms with van der Waals surface area (Å²) in [5.74, 6) is 0.692. The quantitative estimate of drug-likeness (QED) is 0.189. The van der Waals surface area contributed by atoms with Gasteiger partial charge in [-0.15, -0.1) is 0 Å². The molecule has 0 saturated heterocycles. The van der Waals surface area contributed by atoms with Crippen molar-refractivity contribution in [2.24, 2.45) is 0 Å². The van der Waals surface area contributed by atoms with Crippen molar-refractivity contribution in [1.82, 2.24) is 19.1 Å². The van der Waals surface area contributed by atoms with Crippen molar-refractivity contribution in [3.8, 4) is 45.1 Å². The van der Waals surface area contributed by atoms with E-state index in [1.807, 2.05) is 0 Å². The van der Waals surface area contributed by atoms with Gasteiger partial charge in [0.25, 0.3) is 0 Å². The molecule has 0 atom stereocenters. The fraction of sp³-hybridized carbons (Fsp3) is 0. The molecule has 0 aliphatic heterocycles. The van der Waals surface area contributed by atoms with E-state index >= 15 is 0 Å². The molecule has 240 valence electrons. The second kappa shape index (κ2) is 10.3. The number of rotatable bonds is 3. The van der Waals surface area contributed by atoms with Crippen LogP contribution in [0.2, 0.25) is 0 Å². The Kier molecular flexibility index (Phi) is 5.47. The first-order valence-electron chi connectivity index (χ1n) is 17.8. The Hall–Kier alpha value is -7.04. The highest BCUT2D eigenvalue weighted by atomic mass is 15.2. The molecular weight excluding hydrogens is 633 g/mol. The van der Waals surface area contributed by atoms with Gasteiger partial charge in [0, 0.05) is 38.2 Å². The predicted octanol–water partition coefficient (Wildman–Crippen LogP) is 12.3. The third-order valence-corrected chi connectivity index (χ3v) is 11.1. The minimum atomic E-state index is 0.692. The highest BCUT2D eigenvalue weighted by Crippen LogP contribution is 2.46. The van der Waals surface area contributed by atoms with Gasteiger partial charge in [0.1, 0.15) is 0 Å². The second-order valence-electron chi connectivity index (χ2n) is 13.8. The van der Waals surface area contributed by atoms with Gasteiger partial charge in [-0.05, 0) is 87.6 Å². The molecule has 0 radical (unpaired) electrons. The van der Waals surface area contributed by atoms with Crippen LogP contribution in [0.5, 0.6) is 0 Å². The normalized spacial score (nSPS) is 12.2. The van der Waals surface area contributed by atoms with Crippen LogP contribution in [-0.2, 0) is 0 Å². The standard InChI is InChI=1S/C48H28N4/c1-2-12-32(13-3-1)51-43-25-23-31(28-39(43)45-33-14-5-4-11-29(33)21-26-44(45)51)30-22-24-42-38(27-30)35-16-8-9-20-41(35)52(42)48-49-40-19-10-18-36-34-15-6-7-17-37(34)47(50-48)46(36)40/h1-28H. The summed E-state index contributed by atoms with van der Waals surface area (Å²) in [6.45, 7) is 0. The summed E-state index contributed by atoms with van der Waals surface area (Å²) in [5, 5.41) is 8.54. The Morgan fingerprint density at radius 1 is 0.365 bits per heavy atom. The molecule has 52 heavy (non-hydrogen) atoms. The van der Waals surface area contributed by atoms with E-state index in [1.165, 1.54) is 65.6 Å². The molecule has 3 aromatic heterocycles. The molecule has 4 nitrogen and oxygen atoms in total. The summed E-state index contributed by atoms with van der Waals surface area (Å²) >= 11 is 0. The SMILES string of the molecule is c1ccc(-n2c3ccc(-c4ccc5c(c4)c4ccccc4n5-c4nc5c6c(cccc6n4)-c4ccccc4-5)cc3c3c4ccccc4ccc32)cc1. The molecule has 0 bridgehead atoms. The van der Waals surface area contributed by atoms with Crippen LogP contribution in [0.25, 0.3) is 110 Å². The van der Waals surface area contributed by atoms with Gasteiger partial charge in [0.05, 0.1) is 33.3 Å². The van der Waals surface area contributed by atoms with E-state index < -0.39 is 0 Å². The maximum Gasteiger partial charge on any atom is 0.235 e. The third kappa shape index (κ3) is 3.70. The van der Waals surface area contributed by atoms with E-state index in [4.69, 9.17) is 9.97 Å². The molecule has 11 aromatic rings.